The Hall–Kier alpha value is -2.55. The van der Waals surface area contributed by atoms with Gasteiger partial charge in [-0.05, 0) is 46.9 Å². The molecule has 7 heteroatoms. The fourth-order valence-electron chi connectivity index (χ4n) is 2.25. The van der Waals surface area contributed by atoms with Gasteiger partial charge in [0.05, 0.1) is 20.4 Å². The minimum atomic E-state index is -1.12. The van der Waals surface area contributed by atoms with E-state index in [9.17, 15) is 19.5 Å². The highest BCUT2D eigenvalue weighted by molar-refractivity contribution is 14.1. The van der Waals surface area contributed by atoms with Crippen LogP contribution in [0.25, 0.3) is 0 Å². The van der Waals surface area contributed by atoms with E-state index in [0.717, 1.165) is 0 Å². The number of Topliss-reactive ketones (excluding diaryl/α,β-unsaturated/α-hetero) is 2. The largest absolute Gasteiger partial charge is 0.478 e. The summed E-state index contributed by atoms with van der Waals surface area (Å²) in [6.45, 7) is 0. The van der Waals surface area contributed by atoms with Crippen LogP contribution in [0.15, 0.2) is 51.9 Å². The summed E-state index contributed by atoms with van der Waals surface area (Å²) in [5.74, 6) is -1.88. The van der Waals surface area contributed by atoms with E-state index in [1.165, 1.54) is 24.4 Å². The van der Waals surface area contributed by atoms with Gasteiger partial charge in [0.15, 0.2) is 0 Å². The molecule has 1 aliphatic rings. The van der Waals surface area contributed by atoms with E-state index in [2.05, 4.69) is 10.3 Å². The molecule has 0 fully saturated rings. The second kappa shape index (κ2) is 5.92. The van der Waals surface area contributed by atoms with Crippen molar-refractivity contribution in [1.82, 2.24) is 4.98 Å². The number of pyridine rings is 1. The molecular formula is C16H9IN2O4. The maximum atomic E-state index is 12.6. The quantitative estimate of drug-likeness (QED) is 0.742. The summed E-state index contributed by atoms with van der Waals surface area (Å²) in [6, 6.07) is 9.29. The number of anilines is 1. The average Bonchev–Trinajstić information content (AvgIpc) is 2.57. The number of carbonyl (C=O) groups is 3. The Morgan fingerprint density at radius 2 is 1.83 bits per heavy atom. The Morgan fingerprint density at radius 1 is 1.09 bits per heavy atom. The molecule has 23 heavy (non-hydrogen) atoms. The minimum absolute atomic E-state index is 0.0152. The van der Waals surface area contributed by atoms with Gasteiger partial charge in [0.2, 0.25) is 11.6 Å². The molecule has 0 amide bonds. The number of aromatic nitrogens is 1. The average molecular weight is 420 g/mol. The molecule has 0 saturated carbocycles. The third kappa shape index (κ3) is 2.63. The van der Waals surface area contributed by atoms with Crippen molar-refractivity contribution in [2.45, 2.75) is 0 Å². The van der Waals surface area contributed by atoms with Crippen LogP contribution in [0.5, 0.6) is 0 Å². The number of ketones is 2. The van der Waals surface area contributed by atoms with Gasteiger partial charge in [-0.3, -0.25) is 14.6 Å². The smallest absolute Gasteiger partial charge is 0.337 e. The summed E-state index contributed by atoms with van der Waals surface area (Å²) < 4.78 is 0.180. The molecule has 0 bridgehead atoms. The molecular weight excluding hydrogens is 411 g/mol. The molecule has 1 heterocycles. The summed E-state index contributed by atoms with van der Waals surface area (Å²) in [7, 11) is 0. The third-order valence-electron chi connectivity index (χ3n) is 3.33. The summed E-state index contributed by atoms with van der Waals surface area (Å²) in [6.07, 6.45) is 1.45. The van der Waals surface area contributed by atoms with E-state index in [-0.39, 0.29) is 37.6 Å². The van der Waals surface area contributed by atoms with Crippen molar-refractivity contribution in [2.24, 2.45) is 0 Å². The summed E-state index contributed by atoms with van der Waals surface area (Å²) in [4.78, 5) is 40.2. The van der Waals surface area contributed by atoms with Gasteiger partial charge in [-0.15, -0.1) is 0 Å². The number of carbonyl (C=O) groups excluding carboxylic acids is 2. The van der Waals surface area contributed by atoms with Crippen LogP contribution in [0, 0.1) is 0 Å². The summed E-state index contributed by atoms with van der Waals surface area (Å²) >= 11 is 1.77. The molecule has 0 spiro atoms. The first-order valence-corrected chi connectivity index (χ1v) is 7.62. The van der Waals surface area contributed by atoms with Crippen LogP contribution in [0.4, 0.5) is 5.69 Å². The maximum absolute atomic E-state index is 12.6. The number of hydrogen-bond donors (Lipinski definition) is 2. The predicted molar refractivity (Wildman–Crippen MR) is 91.0 cm³/mol. The second-order valence-electron chi connectivity index (χ2n) is 4.72. The molecule has 0 saturated heterocycles. The monoisotopic (exact) mass is 420 g/mol. The van der Waals surface area contributed by atoms with E-state index in [1.54, 1.807) is 40.8 Å². The Balaban J connectivity index is 2.08. The lowest BCUT2D eigenvalue weighted by atomic mass is 9.97. The Labute approximate surface area is 144 Å². The van der Waals surface area contributed by atoms with Gasteiger partial charge in [-0.25, -0.2) is 4.79 Å². The summed E-state index contributed by atoms with van der Waals surface area (Å²) in [5.41, 5.74) is 0.635. The number of aromatic carboxylic acids is 1. The lowest BCUT2D eigenvalue weighted by Crippen LogP contribution is -2.25. The van der Waals surface area contributed by atoms with Crippen molar-refractivity contribution < 1.29 is 19.5 Å². The first-order valence-electron chi connectivity index (χ1n) is 6.54. The van der Waals surface area contributed by atoms with Crippen molar-refractivity contribution >= 4 is 45.8 Å². The SMILES string of the molecule is O=C(O)c1ccccc1NC1=C(I)C(=O)c2ncccc2C1=O. The summed E-state index contributed by atoms with van der Waals surface area (Å²) in [5, 5.41) is 12.0. The Kier molecular flexibility index (Phi) is 3.95. The van der Waals surface area contributed by atoms with Gasteiger partial charge in [0.25, 0.3) is 0 Å². The zero-order valence-electron chi connectivity index (χ0n) is 11.5. The van der Waals surface area contributed by atoms with E-state index < -0.39 is 11.8 Å². The maximum Gasteiger partial charge on any atom is 0.337 e. The lowest BCUT2D eigenvalue weighted by molar-refractivity contribution is 0.0697. The van der Waals surface area contributed by atoms with E-state index in [0.29, 0.717) is 0 Å². The predicted octanol–water partition coefficient (Wildman–Crippen LogP) is 2.92. The molecule has 1 aromatic heterocycles. The van der Waals surface area contributed by atoms with Crippen molar-refractivity contribution in [3.05, 3.63) is 68.7 Å². The number of rotatable bonds is 3. The molecule has 0 atom stereocenters. The number of benzene rings is 1. The fraction of sp³-hybridized carbons (Fsp3) is 0. The highest BCUT2D eigenvalue weighted by Crippen LogP contribution is 2.30. The minimum Gasteiger partial charge on any atom is -0.478 e. The van der Waals surface area contributed by atoms with Gasteiger partial charge in [0, 0.05) is 6.20 Å². The standard InChI is InChI=1S/C16H9IN2O4/c17-11-13(19-10-6-2-1-4-8(10)16(22)23)14(20)9-5-3-7-18-12(9)15(11)21/h1-7,19H,(H,22,23). The molecule has 0 radical (unpaired) electrons. The topological polar surface area (TPSA) is 96.4 Å². The van der Waals surface area contributed by atoms with Gasteiger partial charge in [-0.2, -0.15) is 0 Å². The van der Waals surface area contributed by atoms with Crippen molar-refractivity contribution in [1.29, 1.82) is 0 Å². The molecule has 0 unspecified atom stereocenters. The van der Waals surface area contributed by atoms with E-state index in [4.69, 9.17) is 0 Å². The van der Waals surface area contributed by atoms with Crippen molar-refractivity contribution in [2.75, 3.05) is 5.32 Å². The number of hydrogen-bond acceptors (Lipinski definition) is 5. The second-order valence-corrected chi connectivity index (χ2v) is 5.80. The fourth-order valence-corrected chi connectivity index (χ4v) is 2.88. The number of fused-ring (bicyclic) bond motifs is 1. The van der Waals surface area contributed by atoms with E-state index >= 15 is 0 Å². The van der Waals surface area contributed by atoms with Crippen LogP contribution >= 0.6 is 22.6 Å². The van der Waals surface area contributed by atoms with Crippen molar-refractivity contribution in [3.8, 4) is 0 Å². The zero-order valence-corrected chi connectivity index (χ0v) is 13.7. The van der Waals surface area contributed by atoms with Crippen LogP contribution in [-0.2, 0) is 0 Å². The molecule has 1 aromatic carbocycles. The van der Waals surface area contributed by atoms with Crippen LogP contribution in [-0.4, -0.2) is 27.6 Å². The number of nitrogens with one attached hydrogen (secondary N) is 1. The van der Waals surface area contributed by atoms with Crippen LogP contribution in [0.1, 0.15) is 31.2 Å². The first-order chi connectivity index (χ1) is 11.0. The van der Waals surface area contributed by atoms with Gasteiger partial charge < -0.3 is 10.4 Å². The van der Waals surface area contributed by atoms with E-state index in [1.807, 2.05) is 0 Å². The number of carboxylic acid groups (broad SMARTS) is 1. The normalized spacial score (nSPS) is 13.8. The van der Waals surface area contributed by atoms with Crippen LogP contribution < -0.4 is 5.32 Å². The van der Waals surface area contributed by atoms with Crippen LogP contribution in [0.3, 0.4) is 0 Å². The number of allylic oxidation sites excluding steroid dienone is 2. The molecule has 2 N–H and O–H groups in total. The Bertz CT molecular complexity index is 889. The van der Waals surface area contributed by atoms with Crippen LogP contribution in [0.2, 0.25) is 0 Å². The van der Waals surface area contributed by atoms with Gasteiger partial charge in [-0.1, -0.05) is 12.1 Å². The highest BCUT2D eigenvalue weighted by Gasteiger charge is 2.32. The van der Waals surface area contributed by atoms with Gasteiger partial charge >= 0.3 is 5.97 Å². The molecule has 2 aromatic rings. The number of carboxylic acids is 1. The number of para-hydroxylation sites is 1. The zero-order chi connectivity index (χ0) is 16.6. The first kappa shape index (κ1) is 15.3. The van der Waals surface area contributed by atoms with Gasteiger partial charge in [0.1, 0.15) is 11.4 Å². The number of halogens is 1. The molecule has 6 nitrogen and oxygen atoms in total. The Morgan fingerprint density at radius 3 is 2.57 bits per heavy atom. The molecule has 3 rings (SSSR count). The third-order valence-corrected chi connectivity index (χ3v) is 4.36. The lowest BCUT2D eigenvalue weighted by Gasteiger charge is -2.19. The molecule has 1 aliphatic carbocycles. The molecule has 0 aliphatic heterocycles. The molecule has 114 valence electrons. The highest BCUT2D eigenvalue weighted by atomic mass is 127. The number of nitrogens with zero attached hydrogens (tertiary/aromatic N) is 1. The van der Waals surface area contributed by atoms with Crippen molar-refractivity contribution in [3.63, 3.8) is 0 Å².